The highest BCUT2D eigenvalue weighted by molar-refractivity contribution is 5.84. The van der Waals surface area contributed by atoms with E-state index in [4.69, 9.17) is 21.4 Å². The van der Waals surface area contributed by atoms with Crippen LogP contribution < -0.4 is 11.5 Å². The Labute approximate surface area is 191 Å². The van der Waals surface area contributed by atoms with E-state index in [1.807, 2.05) is 47.2 Å². The van der Waals surface area contributed by atoms with Gasteiger partial charge in [0.15, 0.2) is 11.5 Å². The number of benzene rings is 1. The average molecular weight is 434 g/mol. The van der Waals surface area contributed by atoms with Gasteiger partial charge in [-0.25, -0.2) is 15.0 Å². The standard InChI is InChI=1S/C26H23N7/c27-23-20(5-2-15-30-23)24-32-22-11-10-21(17-4-1-14-29-16-17)31-25(22)33(24)19-8-6-18(7-9-19)26(28)12-3-13-26/h1-2,4-11,14-16H,3,12-13,28H2,(H2,27,30). The van der Waals surface area contributed by atoms with Crippen molar-refractivity contribution in [3.63, 3.8) is 0 Å². The predicted molar refractivity (Wildman–Crippen MR) is 129 cm³/mol. The average Bonchev–Trinajstić information content (AvgIpc) is 3.22. The topological polar surface area (TPSA) is 109 Å². The highest BCUT2D eigenvalue weighted by Gasteiger charge is 2.34. The molecule has 1 aliphatic rings. The molecule has 6 rings (SSSR count). The van der Waals surface area contributed by atoms with Crippen molar-refractivity contribution in [1.29, 1.82) is 0 Å². The molecule has 4 heterocycles. The summed E-state index contributed by atoms with van der Waals surface area (Å²) in [6.07, 6.45) is 8.46. The van der Waals surface area contributed by atoms with Crippen molar-refractivity contribution in [2.24, 2.45) is 5.73 Å². The number of hydrogen-bond acceptors (Lipinski definition) is 6. The van der Waals surface area contributed by atoms with Crippen LogP contribution in [0.25, 0.3) is 39.5 Å². The SMILES string of the molecule is Nc1ncccc1-c1nc2ccc(-c3cccnc3)nc2n1-c1ccc(C2(N)CCC2)cc1. The van der Waals surface area contributed by atoms with Crippen molar-refractivity contribution in [2.45, 2.75) is 24.8 Å². The summed E-state index contributed by atoms with van der Waals surface area (Å²) in [6, 6.07) is 20.0. The molecule has 1 aromatic carbocycles. The number of imidazole rings is 1. The van der Waals surface area contributed by atoms with E-state index in [1.165, 1.54) is 6.42 Å². The number of nitrogens with zero attached hydrogens (tertiary/aromatic N) is 5. The summed E-state index contributed by atoms with van der Waals surface area (Å²) in [7, 11) is 0. The lowest BCUT2D eigenvalue weighted by molar-refractivity contribution is 0.253. The molecule has 0 bridgehead atoms. The Bertz CT molecular complexity index is 1450. The smallest absolute Gasteiger partial charge is 0.165 e. The second-order valence-corrected chi connectivity index (χ2v) is 8.54. The number of nitrogen functional groups attached to an aromatic ring is 1. The maximum Gasteiger partial charge on any atom is 0.165 e. The molecule has 162 valence electrons. The summed E-state index contributed by atoms with van der Waals surface area (Å²) in [6.45, 7) is 0. The van der Waals surface area contributed by atoms with Gasteiger partial charge in [-0.1, -0.05) is 12.1 Å². The first-order chi connectivity index (χ1) is 16.1. The lowest BCUT2D eigenvalue weighted by atomic mass is 9.73. The van der Waals surface area contributed by atoms with Gasteiger partial charge in [0.25, 0.3) is 0 Å². The van der Waals surface area contributed by atoms with Crippen molar-refractivity contribution in [3.8, 4) is 28.3 Å². The molecule has 7 heteroatoms. The maximum absolute atomic E-state index is 6.55. The number of nitrogens with two attached hydrogens (primary N) is 2. The van der Waals surface area contributed by atoms with Crippen LogP contribution in [0.15, 0.2) is 79.3 Å². The van der Waals surface area contributed by atoms with Crippen molar-refractivity contribution in [2.75, 3.05) is 5.73 Å². The predicted octanol–water partition coefficient (Wildman–Crippen LogP) is 4.46. The molecule has 0 radical (unpaired) electrons. The van der Waals surface area contributed by atoms with Gasteiger partial charge in [0.05, 0.1) is 11.3 Å². The molecule has 0 atom stereocenters. The van der Waals surface area contributed by atoms with Gasteiger partial charge < -0.3 is 11.5 Å². The molecule has 1 saturated carbocycles. The van der Waals surface area contributed by atoms with Gasteiger partial charge >= 0.3 is 0 Å². The zero-order valence-corrected chi connectivity index (χ0v) is 18.0. The second-order valence-electron chi connectivity index (χ2n) is 8.54. The van der Waals surface area contributed by atoms with E-state index >= 15 is 0 Å². The van der Waals surface area contributed by atoms with E-state index in [9.17, 15) is 0 Å². The fourth-order valence-corrected chi connectivity index (χ4v) is 4.45. The van der Waals surface area contributed by atoms with E-state index in [-0.39, 0.29) is 5.54 Å². The van der Waals surface area contributed by atoms with Gasteiger partial charge in [0, 0.05) is 35.4 Å². The monoisotopic (exact) mass is 433 g/mol. The fraction of sp³-hybridized carbons (Fsp3) is 0.154. The van der Waals surface area contributed by atoms with E-state index in [1.54, 1.807) is 12.4 Å². The Morgan fingerprint density at radius 1 is 0.879 bits per heavy atom. The summed E-state index contributed by atoms with van der Waals surface area (Å²) in [5.41, 5.74) is 18.7. The van der Waals surface area contributed by atoms with Gasteiger partial charge in [-0.15, -0.1) is 0 Å². The Balaban J connectivity index is 1.57. The van der Waals surface area contributed by atoms with Crippen LogP contribution in [0.1, 0.15) is 24.8 Å². The summed E-state index contributed by atoms with van der Waals surface area (Å²) >= 11 is 0. The zero-order chi connectivity index (χ0) is 22.4. The second kappa shape index (κ2) is 7.50. The maximum atomic E-state index is 6.55. The van der Waals surface area contributed by atoms with E-state index in [0.717, 1.165) is 52.1 Å². The Morgan fingerprint density at radius 2 is 1.70 bits per heavy atom. The van der Waals surface area contributed by atoms with Crippen LogP contribution in [-0.4, -0.2) is 24.5 Å². The summed E-state index contributed by atoms with van der Waals surface area (Å²) in [4.78, 5) is 18.4. The number of anilines is 1. The number of aromatic nitrogens is 5. The first-order valence-corrected chi connectivity index (χ1v) is 11.0. The quantitative estimate of drug-likeness (QED) is 0.433. The number of rotatable bonds is 4. The van der Waals surface area contributed by atoms with Gasteiger partial charge in [-0.3, -0.25) is 9.55 Å². The summed E-state index contributed by atoms with van der Waals surface area (Å²) in [5, 5.41) is 0. The number of hydrogen-bond donors (Lipinski definition) is 2. The molecule has 0 spiro atoms. The number of pyridine rings is 3. The molecule has 33 heavy (non-hydrogen) atoms. The van der Waals surface area contributed by atoms with Crippen molar-refractivity contribution in [3.05, 3.63) is 84.8 Å². The molecule has 7 nitrogen and oxygen atoms in total. The Morgan fingerprint density at radius 3 is 2.39 bits per heavy atom. The van der Waals surface area contributed by atoms with Crippen LogP contribution in [0.2, 0.25) is 0 Å². The minimum atomic E-state index is -0.210. The summed E-state index contributed by atoms with van der Waals surface area (Å²) in [5.74, 6) is 1.12. The molecule has 0 aliphatic heterocycles. The molecule has 0 saturated heterocycles. The number of fused-ring (bicyclic) bond motifs is 1. The third-order valence-corrected chi connectivity index (χ3v) is 6.49. The van der Waals surface area contributed by atoms with Gasteiger partial charge in [0.2, 0.25) is 0 Å². The zero-order valence-electron chi connectivity index (χ0n) is 18.0. The molecule has 0 unspecified atom stereocenters. The molecule has 1 fully saturated rings. The minimum Gasteiger partial charge on any atom is -0.383 e. The Hall–Kier alpha value is -4.10. The highest BCUT2D eigenvalue weighted by Crippen LogP contribution is 2.39. The van der Waals surface area contributed by atoms with E-state index in [2.05, 4.69) is 34.2 Å². The minimum absolute atomic E-state index is 0.210. The van der Waals surface area contributed by atoms with E-state index < -0.39 is 0 Å². The van der Waals surface area contributed by atoms with Crippen molar-refractivity contribution >= 4 is 17.0 Å². The fourth-order valence-electron chi connectivity index (χ4n) is 4.45. The largest absolute Gasteiger partial charge is 0.383 e. The Kier molecular flexibility index (Phi) is 4.45. The van der Waals surface area contributed by atoms with Crippen molar-refractivity contribution in [1.82, 2.24) is 24.5 Å². The lowest BCUT2D eigenvalue weighted by Crippen LogP contribution is -2.43. The van der Waals surface area contributed by atoms with Crippen LogP contribution in [-0.2, 0) is 5.54 Å². The van der Waals surface area contributed by atoms with Crippen LogP contribution >= 0.6 is 0 Å². The first kappa shape index (κ1) is 19.6. The summed E-state index contributed by atoms with van der Waals surface area (Å²) < 4.78 is 2.04. The van der Waals surface area contributed by atoms with Gasteiger partial charge in [-0.05, 0) is 73.4 Å². The van der Waals surface area contributed by atoms with Crippen LogP contribution in [0.3, 0.4) is 0 Å². The third kappa shape index (κ3) is 3.25. The molecule has 4 aromatic heterocycles. The van der Waals surface area contributed by atoms with Gasteiger partial charge in [-0.2, -0.15) is 0 Å². The lowest BCUT2D eigenvalue weighted by Gasteiger charge is -2.38. The third-order valence-electron chi connectivity index (χ3n) is 6.49. The van der Waals surface area contributed by atoms with E-state index in [0.29, 0.717) is 11.6 Å². The van der Waals surface area contributed by atoms with Crippen LogP contribution in [0.4, 0.5) is 5.82 Å². The highest BCUT2D eigenvalue weighted by atomic mass is 15.1. The molecule has 5 aromatic rings. The molecular formula is C26H23N7. The first-order valence-electron chi connectivity index (χ1n) is 11.0. The normalized spacial score (nSPS) is 14.8. The molecule has 0 amide bonds. The van der Waals surface area contributed by atoms with Crippen LogP contribution in [0, 0.1) is 0 Å². The van der Waals surface area contributed by atoms with Gasteiger partial charge in [0.1, 0.15) is 11.3 Å². The van der Waals surface area contributed by atoms with Crippen molar-refractivity contribution < 1.29 is 0 Å². The molecular weight excluding hydrogens is 410 g/mol. The molecule has 1 aliphatic carbocycles. The van der Waals surface area contributed by atoms with Crippen LogP contribution in [0.5, 0.6) is 0 Å². The molecule has 4 N–H and O–H groups in total.